The van der Waals surface area contributed by atoms with Crippen LogP contribution in [0, 0.1) is 28.9 Å². The third-order valence-corrected chi connectivity index (χ3v) is 4.90. The summed E-state index contributed by atoms with van der Waals surface area (Å²) >= 11 is 0. The highest BCUT2D eigenvalue weighted by Crippen LogP contribution is 2.39. The molecule has 1 aliphatic carbocycles. The van der Waals surface area contributed by atoms with Crippen LogP contribution in [0.1, 0.15) is 24.8 Å². The van der Waals surface area contributed by atoms with E-state index in [0.717, 1.165) is 30.8 Å². The van der Waals surface area contributed by atoms with Gasteiger partial charge in [0.2, 0.25) is 0 Å². The Labute approximate surface area is 118 Å². The van der Waals surface area contributed by atoms with Gasteiger partial charge in [0.15, 0.2) is 0 Å². The minimum atomic E-state index is -0.322. The molecule has 1 aromatic carbocycles. The molecule has 5 heteroatoms. The Kier molecular flexibility index (Phi) is 3.38. The van der Waals surface area contributed by atoms with Gasteiger partial charge < -0.3 is 10.6 Å². The van der Waals surface area contributed by atoms with E-state index in [0.29, 0.717) is 11.8 Å². The Hall–Kier alpha value is -1.62. The van der Waals surface area contributed by atoms with Gasteiger partial charge in [-0.15, -0.1) is 0 Å². The number of hydrogen-bond acceptors (Lipinski definition) is 4. The van der Waals surface area contributed by atoms with Gasteiger partial charge in [0.25, 0.3) is 5.69 Å². The molecule has 1 heterocycles. The molecule has 0 bridgehead atoms. The molecule has 0 spiro atoms. The van der Waals surface area contributed by atoms with E-state index in [1.807, 2.05) is 13.0 Å². The van der Waals surface area contributed by atoms with Crippen LogP contribution in [0.2, 0.25) is 0 Å². The van der Waals surface area contributed by atoms with Crippen molar-refractivity contribution in [3.8, 4) is 0 Å². The number of non-ortho nitro benzene ring substituents is 1. The van der Waals surface area contributed by atoms with Crippen molar-refractivity contribution in [1.82, 2.24) is 0 Å². The normalized spacial score (nSPS) is 29.3. The van der Waals surface area contributed by atoms with E-state index in [1.54, 1.807) is 12.1 Å². The average Bonchev–Trinajstić information content (AvgIpc) is 2.84. The topological polar surface area (TPSA) is 72.4 Å². The number of nitrogens with zero attached hydrogens (tertiary/aromatic N) is 2. The summed E-state index contributed by atoms with van der Waals surface area (Å²) in [5, 5.41) is 10.9. The lowest BCUT2D eigenvalue weighted by Crippen LogP contribution is -2.38. The molecule has 1 aromatic rings. The first kappa shape index (κ1) is 13.4. The monoisotopic (exact) mass is 275 g/mol. The molecular formula is C15H21N3O2. The molecule has 2 aliphatic rings. The van der Waals surface area contributed by atoms with Gasteiger partial charge in [-0.1, -0.05) is 12.5 Å². The quantitative estimate of drug-likeness (QED) is 0.664. The van der Waals surface area contributed by atoms with Gasteiger partial charge in [0.1, 0.15) is 0 Å². The average molecular weight is 275 g/mol. The highest BCUT2D eigenvalue weighted by atomic mass is 16.6. The van der Waals surface area contributed by atoms with Gasteiger partial charge in [0.05, 0.1) is 4.92 Å². The van der Waals surface area contributed by atoms with E-state index in [2.05, 4.69) is 4.90 Å². The summed E-state index contributed by atoms with van der Waals surface area (Å²) in [5.41, 5.74) is 8.51. The minimum absolute atomic E-state index is 0.171. The maximum absolute atomic E-state index is 10.9. The van der Waals surface area contributed by atoms with Crippen molar-refractivity contribution in [3.63, 3.8) is 0 Å². The summed E-state index contributed by atoms with van der Waals surface area (Å²) in [6.07, 6.45) is 3.57. The van der Waals surface area contributed by atoms with E-state index >= 15 is 0 Å². The van der Waals surface area contributed by atoms with Crippen LogP contribution in [0.3, 0.4) is 0 Å². The Morgan fingerprint density at radius 2 is 2.15 bits per heavy atom. The van der Waals surface area contributed by atoms with Crippen molar-refractivity contribution in [1.29, 1.82) is 0 Å². The second kappa shape index (κ2) is 5.05. The molecule has 2 N–H and O–H groups in total. The van der Waals surface area contributed by atoms with Crippen LogP contribution in [-0.4, -0.2) is 24.1 Å². The van der Waals surface area contributed by atoms with Gasteiger partial charge >= 0.3 is 0 Å². The van der Waals surface area contributed by atoms with Crippen molar-refractivity contribution >= 4 is 11.4 Å². The number of nitro benzene ring substituents is 1. The van der Waals surface area contributed by atoms with E-state index in [4.69, 9.17) is 5.73 Å². The van der Waals surface area contributed by atoms with Crippen molar-refractivity contribution in [2.75, 3.05) is 18.0 Å². The van der Waals surface area contributed by atoms with Gasteiger partial charge in [-0.05, 0) is 37.2 Å². The number of aryl methyl sites for hydroxylation is 1. The summed E-state index contributed by atoms with van der Waals surface area (Å²) in [7, 11) is 0. The lowest BCUT2D eigenvalue weighted by molar-refractivity contribution is -0.384. The predicted octanol–water partition coefficient (Wildman–Crippen LogP) is 2.47. The Balaban J connectivity index is 1.87. The largest absolute Gasteiger partial charge is 0.370 e. The summed E-state index contributed by atoms with van der Waals surface area (Å²) in [6, 6.07) is 5.42. The third kappa shape index (κ3) is 2.26. The zero-order valence-electron chi connectivity index (χ0n) is 11.8. The van der Waals surface area contributed by atoms with Gasteiger partial charge in [-0.2, -0.15) is 0 Å². The molecule has 5 nitrogen and oxygen atoms in total. The van der Waals surface area contributed by atoms with Crippen LogP contribution in [0.15, 0.2) is 18.2 Å². The molecule has 3 rings (SSSR count). The van der Waals surface area contributed by atoms with Crippen molar-refractivity contribution in [2.45, 2.75) is 32.2 Å². The number of anilines is 1. The molecule has 20 heavy (non-hydrogen) atoms. The van der Waals surface area contributed by atoms with Gasteiger partial charge in [-0.25, -0.2) is 0 Å². The Morgan fingerprint density at radius 1 is 1.35 bits per heavy atom. The van der Waals surface area contributed by atoms with Crippen molar-refractivity contribution in [3.05, 3.63) is 33.9 Å². The maximum atomic E-state index is 10.9. The molecule has 108 valence electrons. The maximum Gasteiger partial charge on any atom is 0.271 e. The zero-order chi connectivity index (χ0) is 14.3. The highest BCUT2D eigenvalue weighted by Gasteiger charge is 2.39. The molecule has 1 aliphatic heterocycles. The smallest absolute Gasteiger partial charge is 0.271 e. The fourth-order valence-electron chi connectivity index (χ4n) is 3.77. The fraction of sp³-hybridized carbons (Fsp3) is 0.600. The minimum Gasteiger partial charge on any atom is -0.370 e. The first-order valence-electron chi connectivity index (χ1n) is 7.32. The zero-order valence-corrected chi connectivity index (χ0v) is 11.8. The lowest BCUT2D eigenvalue weighted by atomic mass is 9.78. The number of nitro groups is 1. The SMILES string of the molecule is Cc1ccc([N+](=O)[O-])cc1N1CC2CCCC(N)C2C1. The standard InChI is InChI=1S/C15H21N3O2/c1-10-5-6-12(18(19)20)7-15(10)17-8-11-3-2-4-14(16)13(11)9-17/h5-7,11,13-14H,2-4,8-9,16H2,1H3. The number of benzene rings is 1. The first-order valence-corrected chi connectivity index (χ1v) is 7.32. The molecule has 3 atom stereocenters. The van der Waals surface area contributed by atoms with Crippen molar-refractivity contribution < 1.29 is 4.92 Å². The number of fused-ring (bicyclic) bond motifs is 1. The second-order valence-corrected chi connectivity index (χ2v) is 6.15. The van der Waals surface area contributed by atoms with Crippen molar-refractivity contribution in [2.24, 2.45) is 17.6 Å². The summed E-state index contributed by atoms with van der Waals surface area (Å²) in [5.74, 6) is 1.19. The van der Waals surface area contributed by atoms with Crippen LogP contribution in [0.5, 0.6) is 0 Å². The molecule has 1 saturated heterocycles. The van der Waals surface area contributed by atoms with Crippen LogP contribution < -0.4 is 10.6 Å². The van der Waals surface area contributed by atoms with Crippen LogP contribution >= 0.6 is 0 Å². The molecule has 0 radical (unpaired) electrons. The summed E-state index contributed by atoms with van der Waals surface area (Å²) < 4.78 is 0. The Bertz CT molecular complexity index is 532. The molecule has 1 saturated carbocycles. The predicted molar refractivity (Wildman–Crippen MR) is 78.9 cm³/mol. The van der Waals surface area contributed by atoms with Gasteiger partial charge in [-0.3, -0.25) is 10.1 Å². The molecular weight excluding hydrogens is 254 g/mol. The van der Waals surface area contributed by atoms with Crippen LogP contribution in [0.25, 0.3) is 0 Å². The van der Waals surface area contributed by atoms with Crippen LogP contribution in [-0.2, 0) is 0 Å². The number of hydrogen-bond donors (Lipinski definition) is 1. The van der Waals surface area contributed by atoms with E-state index in [9.17, 15) is 10.1 Å². The first-order chi connectivity index (χ1) is 9.56. The number of nitrogens with two attached hydrogens (primary N) is 1. The molecule has 0 aromatic heterocycles. The lowest BCUT2D eigenvalue weighted by Gasteiger charge is -2.29. The third-order valence-electron chi connectivity index (χ3n) is 4.90. The Morgan fingerprint density at radius 3 is 2.85 bits per heavy atom. The van der Waals surface area contributed by atoms with E-state index in [1.165, 1.54) is 12.8 Å². The fourth-order valence-corrected chi connectivity index (χ4v) is 3.77. The second-order valence-electron chi connectivity index (χ2n) is 6.15. The van der Waals surface area contributed by atoms with E-state index < -0.39 is 0 Å². The molecule has 3 unspecified atom stereocenters. The molecule has 2 fully saturated rings. The summed E-state index contributed by atoms with van der Waals surface area (Å²) in [4.78, 5) is 12.9. The van der Waals surface area contributed by atoms with Gasteiger partial charge in [0, 0.05) is 37.0 Å². The van der Waals surface area contributed by atoms with E-state index in [-0.39, 0.29) is 16.7 Å². The van der Waals surface area contributed by atoms with Crippen LogP contribution in [0.4, 0.5) is 11.4 Å². The summed E-state index contributed by atoms with van der Waals surface area (Å²) in [6.45, 7) is 3.94. The highest BCUT2D eigenvalue weighted by molar-refractivity contribution is 5.59. The molecule has 0 amide bonds. The number of rotatable bonds is 2.